The van der Waals surface area contributed by atoms with Crippen molar-refractivity contribution in [1.82, 2.24) is 10.2 Å². The number of rotatable bonds is 6. The highest BCUT2D eigenvalue weighted by atomic mass is 35.5. The Morgan fingerprint density at radius 2 is 1.90 bits per heavy atom. The summed E-state index contributed by atoms with van der Waals surface area (Å²) in [6.07, 6.45) is 0.120. The molecule has 0 aliphatic heterocycles. The van der Waals surface area contributed by atoms with Gasteiger partial charge in [0.1, 0.15) is 12.1 Å². The van der Waals surface area contributed by atoms with Gasteiger partial charge in [-0.3, -0.25) is 4.79 Å². The third-order valence-corrected chi connectivity index (χ3v) is 5.00. The summed E-state index contributed by atoms with van der Waals surface area (Å²) in [4.78, 5) is 11.6. The fourth-order valence-electron chi connectivity index (χ4n) is 3.13. The van der Waals surface area contributed by atoms with Crippen LogP contribution in [0.5, 0.6) is 11.5 Å². The highest BCUT2D eigenvalue weighted by molar-refractivity contribution is 6.32. The van der Waals surface area contributed by atoms with Gasteiger partial charge in [-0.1, -0.05) is 23.7 Å². The summed E-state index contributed by atoms with van der Waals surface area (Å²) in [7, 11) is 0. The lowest BCUT2D eigenvalue weighted by Gasteiger charge is -2.19. The maximum atomic E-state index is 15.6. The number of nitrogens with zero attached hydrogens (tertiary/aromatic N) is 3. The van der Waals surface area contributed by atoms with Crippen LogP contribution in [-0.2, 0) is 0 Å². The molecule has 0 radical (unpaired) electrons. The van der Waals surface area contributed by atoms with Crippen LogP contribution in [0.25, 0.3) is 0 Å². The predicted molar refractivity (Wildman–Crippen MR) is 110 cm³/mol. The van der Waals surface area contributed by atoms with E-state index in [4.69, 9.17) is 16.3 Å². The molecule has 9 heteroatoms. The second-order valence-corrected chi connectivity index (χ2v) is 7.06. The van der Waals surface area contributed by atoms with E-state index in [-0.39, 0.29) is 51.8 Å². The number of aliphatic hydroxyl groups excluding tert-OH is 1. The van der Waals surface area contributed by atoms with Crippen molar-refractivity contribution in [1.29, 1.82) is 10.5 Å². The van der Waals surface area contributed by atoms with E-state index in [1.165, 1.54) is 36.4 Å². The molecule has 2 aromatic carbocycles. The van der Waals surface area contributed by atoms with Crippen molar-refractivity contribution in [2.75, 3.05) is 6.61 Å². The first-order valence-electron chi connectivity index (χ1n) is 9.17. The second-order valence-electron chi connectivity index (χ2n) is 6.66. The van der Waals surface area contributed by atoms with E-state index in [1.54, 1.807) is 6.92 Å². The van der Waals surface area contributed by atoms with Crippen molar-refractivity contribution < 1.29 is 14.2 Å². The Kier molecular flexibility index (Phi) is 6.66. The normalized spacial score (nSPS) is 11.4. The van der Waals surface area contributed by atoms with E-state index in [0.717, 1.165) is 0 Å². The van der Waals surface area contributed by atoms with E-state index >= 15 is 4.39 Å². The van der Waals surface area contributed by atoms with Gasteiger partial charge >= 0.3 is 0 Å². The first-order valence-corrected chi connectivity index (χ1v) is 9.55. The molecule has 1 atom stereocenters. The van der Waals surface area contributed by atoms with Crippen LogP contribution in [0.4, 0.5) is 4.39 Å². The van der Waals surface area contributed by atoms with Crippen molar-refractivity contribution in [3.05, 3.63) is 85.5 Å². The Hall–Kier alpha value is -3.72. The van der Waals surface area contributed by atoms with Gasteiger partial charge in [0.05, 0.1) is 21.8 Å². The van der Waals surface area contributed by atoms with Crippen molar-refractivity contribution in [3.63, 3.8) is 0 Å². The van der Waals surface area contributed by atoms with Gasteiger partial charge in [-0.25, -0.2) is 9.49 Å². The molecule has 1 aromatic heterocycles. The van der Waals surface area contributed by atoms with Gasteiger partial charge in [0.25, 0.3) is 5.56 Å². The van der Waals surface area contributed by atoms with Crippen LogP contribution in [0.1, 0.15) is 40.3 Å². The average Bonchev–Trinajstić information content (AvgIpc) is 2.77. The van der Waals surface area contributed by atoms with Crippen LogP contribution in [0.3, 0.4) is 0 Å². The molecule has 0 aliphatic carbocycles. The molecule has 7 nitrogen and oxygen atoms in total. The van der Waals surface area contributed by atoms with Gasteiger partial charge in [-0.2, -0.15) is 15.6 Å². The number of aromatic amines is 1. The lowest BCUT2D eigenvalue weighted by Crippen LogP contribution is -2.16. The Morgan fingerprint density at radius 3 is 2.48 bits per heavy atom. The van der Waals surface area contributed by atoms with Crippen LogP contribution >= 0.6 is 11.6 Å². The van der Waals surface area contributed by atoms with E-state index in [2.05, 4.69) is 10.2 Å². The maximum absolute atomic E-state index is 15.6. The highest BCUT2D eigenvalue weighted by Gasteiger charge is 2.25. The van der Waals surface area contributed by atoms with Gasteiger partial charge in [-0.05, 0) is 37.6 Å². The van der Waals surface area contributed by atoms with Crippen LogP contribution in [-0.4, -0.2) is 21.9 Å². The minimum absolute atomic E-state index is 0.0461. The number of H-pyrrole nitrogens is 1. The third-order valence-electron chi connectivity index (χ3n) is 4.70. The quantitative estimate of drug-likeness (QED) is 0.601. The monoisotopic (exact) mass is 438 g/mol. The molecule has 0 fully saturated rings. The third kappa shape index (κ3) is 4.41. The standard InChI is InChI=1S/C22H16ClFN4O3/c1-12-9-18(27-28-22(12)30)15(7-8-29)16-5-6-17(23)21(19(16)24)31-20-13(10-25)3-2-4-14(20)11-26/h2-6,9,15,29H,7-8H2,1H3,(H,28,30). The number of nitrogens with one attached hydrogen (secondary N) is 1. The van der Waals surface area contributed by atoms with Crippen molar-refractivity contribution >= 4 is 11.6 Å². The zero-order valence-electron chi connectivity index (χ0n) is 16.3. The fraction of sp³-hybridized carbons (Fsp3) is 0.182. The van der Waals surface area contributed by atoms with Gasteiger partial charge in [0, 0.05) is 23.7 Å². The summed E-state index contributed by atoms with van der Waals surface area (Å²) in [6, 6.07) is 12.6. The summed E-state index contributed by atoms with van der Waals surface area (Å²) in [5.41, 5.74) is 0.591. The maximum Gasteiger partial charge on any atom is 0.267 e. The van der Waals surface area contributed by atoms with Crippen molar-refractivity contribution in [2.24, 2.45) is 0 Å². The van der Waals surface area contributed by atoms with E-state index < -0.39 is 11.7 Å². The molecule has 0 aliphatic rings. The van der Waals surface area contributed by atoms with Crippen LogP contribution in [0.15, 0.2) is 41.2 Å². The minimum Gasteiger partial charge on any atom is -0.450 e. The number of aryl methyl sites for hydroxylation is 1. The van der Waals surface area contributed by atoms with Crippen molar-refractivity contribution in [3.8, 4) is 23.6 Å². The van der Waals surface area contributed by atoms with Crippen LogP contribution in [0, 0.1) is 35.4 Å². The SMILES string of the molecule is Cc1cc(C(CCO)c2ccc(Cl)c(Oc3c(C#N)cccc3C#N)c2F)n[nH]c1=O. The Labute approximate surface area is 181 Å². The molecule has 0 spiro atoms. The fourth-order valence-corrected chi connectivity index (χ4v) is 3.31. The summed E-state index contributed by atoms with van der Waals surface area (Å²) < 4.78 is 21.2. The van der Waals surface area contributed by atoms with E-state index in [1.807, 2.05) is 12.1 Å². The van der Waals surface area contributed by atoms with Gasteiger partial charge in [0.15, 0.2) is 17.3 Å². The van der Waals surface area contributed by atoms with E-state index in [9.17, 15) is 20.4 Å². The minimum atomic E-state index is -0.826. The molecule has 1 unspecified atom stereocenters. The average molecular weight is 439 g/mol. The molecule has 0 amide bonds. The first kappa shape index (κ1) is 22.0. The zero-order valence-corrected chi connectivity index (χ0v) is 17.1. The smallest absolute Gasteiger partial charge is 0.267 e. The van der Waals surface area contributed by atoms with E-state index in [0.29, 0.717) is 11.3 Å². The Balaban J connectivity index is 2.14. The molecule has 31 heavy (non-hydrogen) atoms. The van der Waals surface area contributed by atoms with Gasteiger partial charge < -0.3 is 9.84 Å². The lowest BCUT2D eigenvalue weighted by atomic mass is 9.91. The summed E-state index contributed by atoms with van der Waals surface area (Å²) in [5, 5.41) is 34.5. The van der Waals surface area contributed by atoms with Crippen LogP contribution < -0.4 is 10.3 Å². The molecule has 0 saturated heterocycles. The number of aliphatic hydroxyl groups is 1. The summed E-state index contributed by atoms with van der Waals surface area (Å²) in [5.74, 6) is -2.00. The predicted octanol–water partition coefficient (Wildman–Crippen LogP) is 3.92. The number of halogens is 2. The number of hydrogen-bond acceptors (Lipinski definition) is 6. The number of hydrogen-bond donors (Lipinski definition) is 2. The van der Waals surface area contributed by atoms with Gasteiger partial charge in [-0.15, -0.1) is 0 Å². The van der Waals surface area contributed by atoms with Crippen LogP contribution in [0.2, 0.25) is 5.02 Å². The van der Waals surface area contributed by atoms with Crippen molar-refractivity contribution in [2.45, 2.75) is 19.3 Å². The number of para-hydroxylation sites is 1. The number of aromatic nitrogens is 2. The molecule has 2 N–H and O–H groups in total. The zero-order chi connectivity index (χ0) is 22.5. The summed E-state index contributed by atoms with van der Waals surface area (Å²) >= 11 is 6.17. The molecule has 0 bridgehead atoms. The highest BCUT2D eigenvalue weighted by Crippen LogP contribution is 2.40. The number of benzene rings is 2. The molecule has 156 valence electrons. The largest absolute Gasteiger partial charge is 0.450 e. The number of ether oxygens (including phenoxy) is 1. The molecular weight excluding hydrogens is 423 g/mol. The van der Waals surface area contributed by atoms with Gasteiger partial charge in [0.2, 0.25) is 0 Å². The Bertz CT molecular complexity index is 1240. The molecule has 3 aromatic rings. The lowest BCUT2D eigenvalue weighted by molar-refractivity contribution is 0.279. The topological polar surface area (TPSA) is 123 Å². The molecule has 1 heterocycles. The summed E-state index contributed by atoms with van der Waals surface area (Å²) in [6.45, 7) is 1.33. The molecule has 3 rings (SSSR count). The second kappa shape index (κ2) is 9.40. The molecular formula is C22H16ClFN4O3. The molecule has 0 saturated carbocycles. The first-order chi connectivity index (χ1) is 14.9. The Morgan fingerprint density at radius 1 is 1.23 bits per heavy atom. The number of nitriles is 2.